The van der Waals surface area contributed by atoms with Gasteiger partial charge in [0.15, 0.2) is 0 Å². The minimum atomic E-state index is -0.874. The quantitative estimate of drug-likeness (QED) is 0.769. The molecule has 0 unspecified atom stereocenters. The minimum absolute atomic E-state index is 0.0224. The molecule has 7 heteroatoms. The van der Waals surface area contributed by atoms with Gasteiger partial charge in [0.1, 0.15) is 6.10 Å². The number of rotatable bonds is 6. The predicted octanol–water partition coefficient (Wildman–Crippen LogP) is 1.32. The van der Waals surface area contributed by atoms with E-state index in [-0.39, 0.29) is 30.9 Å². The maximum Gasteiger partial charge on any atom is 0.303 e. The zero-order valence-electron chi connectivity index (χ0n) is 12.3. The molecule has 0 radical (unpaired) electrons. The Balaban J connectivity index is 1.58. The third-order valence-electron chi connectivity index (χ3n) is 3.85. The lowest BCUT2D eigenvalue weighted by molar-refractivity contribution is -0.137. The molecule has 2 aliphatic heterocycles. The second-order valence-electron chi connectivity index (χ2n) is 5.44. The summed E-state index contributed by atoms with van der Waals surface area (Å²) in [5.41, 5.74) is 4.34. The number of benzene rings is 1. The topological polar surface area (TPSA) is 95.9 Å². The Morgan fingerprint density at radius 3 is 2.48 bits per heavy atom. The number of amides is 2. The van der Waals surface area contributed by atoms with Crippen molar-refractivity contribution < 1.29 is 24.3 Å². The third kappa shape index (κ3) is 3.09. The average molecular weight is 316 g/mol. The van der Waals surface area contributed by atoms with E-state index >= 15 is 0 Å². The first-order chi connectivity index (χ1) is 11.1. The Hall–Kier alpha value is -2.67. The molecule has 0 saturated heterocycles. The normalized spacial score (nSPS) is 19.6. The van der Waals surface area contributed by atoms with Crippen molar-refractivity contribution in [3.05, 3.63) is 47.2 Å². The molecule has 0 aliphatic carbocycles. The van der Waals surface area contributed by atoms with E-state index in [1.54, 1.807) is 30.3 Å². The number of carboxylic acid groups (broad SMARTS) is 1. The van der Waals surface area contributed by atoms with Gasteiger partial charge in [-0.05, 0) is 24.6 Å². The Labute approximate surface area is 132 Å². The van der Waals surface area contributed by atoms with Crippen LogP contribution in [0.4, 0.5) is 0 Å². The molecule has 7 nitrogen and oxygen atoms in total. The van der Waals surface area contributed by atoms with Crippen molar-refractivity contribution in [1.29, 1.82) is 0 Å². The molecule has 1 aromatic rings. The largest absolute Gasteiger partial charge is 0.481 e. The Bertz CT molecular complexity index is 662. The fraction of sp³-hybridized carbons (Fsp3) is 0.312. The maximum atomic E-state index is 12.2. The van der Waals surface area contributed by atoms with E-state index in [0.29, 0.717) is 24.0 Å². The number of carbonyl (C=O) groups is 3. The Morgan fingerprint density at radius 1 is 1.22 bits per heavy atom. The predicted molar refractivity (Wildman–Crippen MR) is 79.4 cm³/mol. The van der Waals surface area contributed by atoms with Gasteiger partial charge < -0.3 is 5.11 Å². The van der Waals surface area contributed by atoms with Gasteiger partial charge in [0, 0.05) is 25.1 Å². The van der Waals surface area contributed by atoms with Crippen LogP contribution in [0.25, 0.3) is 0 Å². The molecule has 1 atom stereocenters. The summed E-state index contributed by atoms with van der Waals surface area (Å²) in [5, 5.41) is 8.65. The minimum Gasteiger partial charge on any atom is -0.481 e. The summed E-state index contributed by atoms with van der Waals surface area (Å²) in [6.07, 6.45) is 2.33. The highest BCUT2D eigenvalue weighted by Crippen LogP contribution is 2.23. The van der Waals surface area contributed by atoms with Gasteiger partial charge in [0.05, 0.1) is 11.1 Å². The molecule has 0 saturated carbocycles. The first kappa shape index (κ1) is 15.2. The molecular weight excluding hydrogens is 300 g/mol. The van der Waals surface area contributed by atoms with Gasteiger partial charge in [-0.1, -0.05) is 12.1 Å². The number of hydroxylamine groups is 1. The van der Waals surface area contributed by atoms with Crippen molar-refractivity contribution in [1.82, 2.24) is 10.4 Å². The van der Waals surface area contributed by atoms with Gasteiger partial charge in [-0.25, -0.2) is 0 Å². The number of hydrogen-bond donors (Lipinski definition) is 2. The van der Waals surface area contributed by atoms with E-state index in [1.165, 1.54) is 4.90 Å². The highest BCUT2D eigenvalue weighted by molar-refractivity contribution is 6.21. The lowest BCUT2D eigenvalue weighted by Gasteiger charge is -2.13. The number of carbonyl (C=O) groups excluding carboxylic acids is 2. The molecule has 0 spiro atoms. The molecular formula is C16H16N2O5. The molecule has 1 aromatic carbocycles. The molecule has 2 N–H and O–H groups in total. The van der Waals surface area contributed by atoms with Crippen LogP contribution >= 0.6 is 0 Å². The van der Waals surface area contributed by atoms with E-state index in [9.17, 15) is 14.4 Å². The molecule has 2 aliphatic rings. The van der Waals surface area contributed by atoms with E-state index < -0.39 is 5.97 Å². The second-order valence-corrected chi connectivity index (χ2v) is 5.44. The van der Waals surface area contributed by atoms with E-state index in [4.69, 9.17) is 9.94 Å². The molecule has 120 valence electrons. The summed E-state index contributed by atoms with van der Waals surface area (Å²) >= 11 is 0. The fourth-order valence-electron chi connectivity index (χ4n) is 2.66. The van der Waals surface area contributed by atoms with Crippen LogP contribution in [-0.2, 0) is 9.63 Å². The number of nitrogens with one attached hydrogen (secondary N) is 1. The van der Waals surface area contributed by atoms with Crippen LogP contribution in [0.15, 0.2) is 36.0 Å². The number of carboxylic acids is 1. The smallest absolute Gasteiger partial charge is 0.303 e. The molecule has 2 heterocycles. The molecule has 3 rings (SSSR count). The summed E-state index contributed by atoms with van der Waals surface area (Å²) in [6.45, 7) is 0.250. The average Bonchev–Trinajstić information content (AvgIpc) is 3.09. The zero-order chi connectivity index (χ0) is 16.4. The number of imide groups is 1. The summed E-state index contributed by atoms with van der Waals surface area (Å²) < 4.78 is 0. The number of hydrogen-bond acceptors (Lipinski definition) is 5. The van der Waals surface area contributed by atoms with Crippen LogP contribution in [0.1, 0.15) is 40.0 Å². The van der Waals surface area contributed by atoms with Gasteiger partial charge in [-0.3, -0.25) is 29.6 Å². The lowest BCUT2D eigenvalue weighted by Crippen LogP contribution is -2.31. The summed E-state index contributed by atoms with van der Waals surface area (Å²) in [7, 11) is 0. The summed E-state index contributed by atoms with van der Waals surface area (Å²) in [4.78, 5) is 41.5. The Morgan fingerprint density at radius 2 is 1.87 bits per heavy atom. The summed E-state index contributed by atoms with van der Waals surface area (Å²) in [6, 6.07) is 6.76. The highest BCUT2D eigenvalue weighted by Gasteiger charge is 2.35. The zero-order valence-corrected chi connectivity index (χ0v) is 12.3. The van der Waals surface area contributed by atoms with Crippen molar-refractivity contribution in [2.24, 2.45) is 0 Å². The SMILES string of the molecule is O=C(O)CC[C@@H]1C=C(CCN2C(=O)c3ccccc3C2=O)NO1. The van der Waals surface area contributed by atoms with Gasteiger partial charge >= 0.3 is 5.97 Å². The van der Waals surface area contributed by atoms with Gasteiger partial charge in [0.25, 0.3) is 11.8 Å². The van der Waals surface area contributed by atoms with Crippen LogP contribution in [0.3, 0.4) is 0 Å². The van der Waals surface area contributed by atoms with Gasteiger partial charge in [-0.2, -0.15) is 0 Å². The standard InChI is InChI=1S/C16H16N2O5/c19-14(20)6-5-11-9-10(17-23-11)7-8-18-15(21)12-3-1-2-4-13(12)16(18)22/h1-4,9,11,17H,5-8H2,(H,19,20)/t11-/m1/s1. The van der Waals surface area contributed by atoms with Crippen LogP contribution in [0.2, 0.25) is 0 Å². The molecule has 23 heavy (non-hydrogen) atoms. The number of nitrogens with zero attached hydrogens (tertiary/aromatic N) is 1. The van der Waals surface area contributed by atoms with Crippen molar-refractivity contribution in [2.75, 3.05) is 6.54 Å². The Kier molecular flexibility index (Phi) is 4.12. The van der Waals surface area contributed by atoms with Crippen LogP contribution < -0.4 is 5.48 Å². The second kappa shape index (κ2) is 6.21. The number of fused-ring (bicyclic) bond motifs is 1. The van der Waals surface area contributed by atoms with Crippen LogP contribution in [0, 0.1) is 0 Å². The maximum absolute atomic E-state index is 12.2. The fourth-order valence-corrected chi connectivity index (χ4v) is 2.66. The van der Waals surface area contributed by atoms with Crippen molar-refractivity contribution in [3.8, 4) is 0 Å². The summed E-state index contributed by atoms with van der Waals surface area (Å²) in [5.74, 6) is -1.44. The third-order valence-corrected chi connectivity index (χ3v) is 3.85. The molecule has 0 bridgehead atoms. The first-order valence-electron chi connectivity index (χ1n) is 7.35. The monoisotopic (exact) mass is 316 g/mol. The lowest BCUT2D eigenvalue weighted by atomic mass is 10.1. The first-order valence-corrected chi connectivity index (χ1v) is 7.35. The molecule has 0 fully saturated rings. The highest BCUT2D eigenvalue weighted by atomic mass is 16.7. The van der Waals surface area contributed by atoms with Crippen molar-refractivity contribution in [2.45, 2.75) is 25.4 Å². The van der Waals surface area contributed by atoms with Crippen LogP contribution in [0.5, 0.6) is 0 Å². The van der Waals surface area contributed by atoms with Gasteiger partial charge in [-0.15, -0.1) is 0 Å². The van der Waals surface area contributed by atoms with Gasteiger partial charge in [0.2, 0.25) is 0 Å². The molecule has 2 amide bonds. The van der Waals surface area contributed by atoms with Crippen LogP contribution in [-0.4, -0.2) is 40.4 Å². The number of aliphatic carboxylic acids is 1. The molecule has 0 aromatic heterocycles. The van der Waals surface area contributed by atoms with E-state index in [0.717, 1.165) is 5.70 Å². The van der Waals surface area contributed by atoms with Crippen molar-refractivity contribution >= 4 is 17.8 Å². The van der Waals surface area contributed by atoms with Crippen molar-refractivity contribution in [3.63, 3.8) is 0 Å². The van der Waals surface area contributed by atoms with E-state index in [2.05, 4.69) is 5.48 Å². The van der Waals surface area contributed by atoms with E-state index in [1.807, 2.05) is 0 Å².